The third-order valence-electron chi connectivity index (χ3n) is 4.95. The van der Waals surface area contributed by atoms with Crippen molar-refractivity contribution in [2.45, 2.75) is 45.2 Å². The van der Waals surface area contributed by atoms with Crippen LogP contribution in [0.3, 0.4) is 0 Å². The Hall–Kier alpha value is -3.14. The molecular formula is C20H18F3N3O4. The van der Waals surface area contributed by atoms with Gasteiger partial charge in [0.2, 0.25) is 5.88 Å². The number of benzene rings is 1. The van der Waals surface area contributed by atoms with Gasteiger partial charge in [-0.3, -0.25) is 4.79 Å². The van der Waals surface area contributed by atoms with Gasteiger partial charge in [-0.15, -0.1) is 0 Å². The minimum Gasteiger partial charge on any atom is -0.439 e. The molecule has 0 saturated carbocycles. The molecule has 0 unspecified atom stereocenters. The molecule has 1 N–H and O–H groups in total. The molecule has 2 aliphatic rings. The number of nitrogens with one attached hydrogen (secondary N) is 1. The number of anilines is 1. The molecule has 1 fully saturated rings. The van der Waals surface area contributed by atoms with Gasteiger partial charge < -0.3 is 14.8 Å². The molecule has 3 amide bonds. The average molecular weight is 421 g/mol. The Kier molecular flexibility index (Phi) is 4.50. The molecule has 1 saturated heterocycles. The van der Waals surface area contributed by atoms with Crippen LogP contribution >= 0.6 is 0 Å². The summed E-state index contributed by atoms with van der Waals surface area (Å²) in [4.78, 5) is 29.7. The molecule has 4 rings (SSSR count). The van der Waals surface area contributed by atoms with Crippen LogP contribution in [0.5, 0.6) is 11.6 Å². The maximum absolute atomic E-state index is 13.1. The van der Waals surface area contributed by atoms with Gasteiger partial charge in [-0.2, -0.15) is 13.2 Å². The van der Waals surface area contributed by atoms with E-state index in [1.54, 1.807) is 26.8 Å². The van der Waals surface area contributed by atoms with Crippen molar-refractivity contribution < 1.29 is 32.2 Å². The van der Waals surface area contributed by atoms with Crippen LogP contribution in [0.2, 0.25) is 0 Å². The van der Waals surface area contributed by atoms with E-state index in [4.69, 9.17) is 9.47 Å². The van der Waals surface area contributed by atoms with Crippen molar-refractivity contribution in [3.8, 4) is 11.6 Å². The summed E-state index contributed by atoms with van der Waals surface area (Å²) in [7, 11) is 0. The van der Waals surface area contributed by atoms with E-state index in [0.717, 1.165) is 4.90 Å². The van der Waals surface area contributed by atoms with Gasteiger partial charge >= 0.3 is 12.2 Å². The second-order valence-electron chi connectivity index (χ2n) is 7.71. The third-order valence-corrected chi connectivity index (χ3v) is 4.95. The number of imide groups is 1. The van der Waals surface area contributed by atoms with Gasteiger partial charge in [-0.05, 0) is 50.1 Å². The lowest BCUT2D eigenvalue weighted by atomic mass is 10.0. The maximum atomic E-state index is 13.1. The molecule has 0 bridgehead atoms. The van der Waals surface area contributed by atoms with Crippen molar-refractivity contribution in [2.75, 3.05) is 4.90 Å². The number of rotatable bonds is 3. The first-order valence-electron chi connectivity index (χ1n) is 9.10. The highest BCUT2D eigenvalue weighted by Gasteiger charge is 2.46. The fraction of sp³-hybridized carbons (Fsp3) is 0.350. The fourth-order valence-electron chi connectivity index (χ4n) is 3.42. The highest BCUT2D eigenvalue weighted by molar-refractivity contribution is 6.22. The fourth-order valence-corrected chi connectivity index (χ4v) is 3.42. The zero-order chi connectivity index (χ0) is 21.8. The maximum Gasteiger partial charge on any atom is 0.418 e. The lowest BCUT2D eigenvalue weighted by Gasteiger charge is -2.17. The molecule has 30 heavy (non-hydrogen) atoms. The first kappa shape index (κ1) is 20.1. The number of urea groups is 1. The summed E-state index contributed by atoms with van der Waals surface area (Å²) in [6, 6.07) is 5.34. The molecule has 2 aliphatic heterocycles. The number of alkyl halides is 3. The van der Waals surface area contributed by atoms with E-state index in [0.29, 0.717) is 11.1 Å². The van der Waals surface area contributed by atoms with Crippen molar-refractivity contribution >= 4 is 17.6 Å². The summed E-state index contributed by atoms with van der Waals surface area (Å²) in [5.41, 5.74) is 0.206. The molecule has 2 aromatic rings. The zero-order valence-electron chi connectivity index (χ0n) is 16.3. The second kappa shape index (κ2) is 6.69. The van der Waals surface area contributed by atoms with E-state index in [2.05, 4.69) is 10.3 Å². The van der Waals surface area contributed by atoms with Crippen LogP contribution in [0.4, 0.5) is 23.7 Å². The normalized spacial score (nSPS) is 20.3. The predicted octanol–water partition coefficient (Wildman–Crippen LogP) is 4.15. The molecule has 0 aliphatic carbocycles. The number of aryl methyl sites for hydroxylation is 1. The van der Waals surface area contributed by atoms with E-state index in [1.165, 1.54) is 24.4 Å². The third kappa shape index (κ3) is 3.36. The molecule has 7 nitrogen and oxygen atoms in total. The number of aromatic nitrogens is 1. The Labute approximate surface area is 169 Å². The van der Waals surface area contributed by atoms with Crippen LogP contribution in [-0.2, 0) is 16.1 Å². The Morgan fingerprint density at radius 2 is 2.00 bits per heavy atom. The molecule has 0 radical (unpaired) electrons. The van der Waals surface area contributed by atoms with E-state index < -0.39 is 29.8 Å². The topological polar surface area (TPSA) is 80.8 Å². The van der Waals surface area contributed by atoms with Crippen LogP contribution in [0, 0.1) is 6.92 Å². The van der Waals surface area contributed by atoms with Gasteiger partial charge in [0.15, 0.2) is 6.10 Å². The van der Waals surface area contributed by atoms with Crippen molar-refractivity contribution in [1.29, 1.82) is 0 Å². The number of pyridine rings is 1. The molecule has 1 aromatic heterocycles. The Morgan fingerprint density at radius 1 is 1.27 bits per heavy atom. The second-order valence-corrected chi connectivity index (χ2v) is 7.71. The van der Waals surface area contributed by atoms with Gasteiger partial charge in [0.05, 0.1) is 18.5 Å². The summed E-state index contributed by atoms with van der Waals surface area (Å²) in [5.74, 6) is -0.0975. The smallest absolute Gasteiger partial charge is 0.418 e. The molecular weight excluding hydrogens is 403 g/mol. The van der Waals surface area contributed by atoms with E-state index in [9.17, 15) is 22.8 Å². The lowest BCUT2D eigenvalue weighted by Crippen LogP contribution is -2.40. The first-order valence-corrected chi connectivity index (χ1v) is 9.10. The molecule has 0 spiro atoms. The number of ether oxygens (including phenoxy) is 2. The monoisotopic (exact) mass is 421 g/mol. The predicted molar refractivity (Wildman–Crippen MR) is 99.2 cm³/mol. The van der Waals surface area contributed by atoms with Crippen molar-refractivity contribution in [3.05, 3.63) is 47.2 Å². The SMILES string of the molecule is Cc1cc(N2C(=O)NC(C)(C)C2=O)cnc1Oc1ccc2c(c1)[C@@H](C(F)(F)F)OC2. The van der Waals surface area contributed by atoms with Crippen molar-refractivity contribution in [2.24, 2.45) is 0 Å². The number of halogens is 3. The summed E-state index contributed by atoms with van der Waals surface area (Å²) >= 11 is 0. The average Bonchev–Trinajstić information content (AvgIpc) is 3.15. The number of nitrogens with zero attached hydrogens (tertiary/aromatic N) is 2. The van der Waals surface area contributed by atoms with Crippen LogP contribution < -0.4 is 15.0 Å². The quantitative estimate of drug-likeness (QED) is 0.753. The number of fused-ring (bicyclic) bond motifs is 1. The Morgan fingerprint density at radius 3 is 2.60 bits per heavy atom. The van der Waals surface area contributed by atoms with Crippen LogP contribution in [0.1, 0.15) is 36.6 Å². The number of carbonyl (C=O) groups is 2. The van der Waals surface area contributed by atoms with Gasteiger partial charge in [0.1, 0.15) is 11.3 Å². The first-order chi connectivity index (χ1) is 14.0. The minimum absolute atomic E-state index is 0.0100. The van der Waals surface area contributed by atoms with Crippen LogP contribution in [-0.4, -0.2) is 28.6 Å². The highest BCUT2D eigenvalue weighted by atomic mass is 19.4. The Bertz CT molecular complexity index is 1050. The molecule has 3 heterocycles. The lowest BCUT2D eigenvalue weighted by molar-refractivity contribution is -0.219. The van der Waals surface area contributed by atoms with Crippen molar-refractivity contribution in [3.63, 3.8) is 0 Å². The number of hydrogen-bond acceptors (Lipinski definition) is 5. The van der Waals surface area contributed by atoms with Gasteiger partial charge in [0, 0.05) is 5.56 Å². The molecule has 1 aromatic carbocycles. The molecule has 158 valence electrons. The van der Waals surface area contributed by atoms with E-state index in [1.807, 2.05) is 0 Å². The number of carbonyl (C=O) groups excluding carboxylic acids is 2. The van der Waals surface area contributed by atoms with Crippen LogP contribution in [0.25, 0.3) is 0 Å². The highest BCUT2D eigenvalue weighted by Crippen LogP contribution is 2.44. The van der Waals surface area contributed by atoms with E-state index >= 15 is 0 Å². The number of amides is 3. The summed E-state index contributed by atoms with van der Waals surface area (Å²) in [5, 5.41) is 2.58. The van der Waals surface area contributed by atoms with Gasteiger partial charge in [-0.25, -0.2) is 14.7 Å². The van der Waals surface area contributed by atoms with Gasteiger partial charge in [-0.1, -0.05) is 6.07 Å². The minimum atomic E-state index is -4.52. The molecule has 1 atom stereocenters. The van der Waals surface area contributed by atoms with E-state index in [-0.39, 0.29) is 29.5 Å². The van der Waals surface area contributed by atoms with Crippen LogP contribution in [0.15, 0.2) is 30.5 Å². The number of hydrogen-bond donors (Lipinski definition) is 1. The van der Waals surface area contributed by atoms with Crippen molar-refractivity contribution in [1.82, 2.24) is 10.3 Å². The molecule has 10 heteroatoms. The summed E-state index contributed by atoms with van der Waals surface area (Å²) < 4.78 is 49.9. The zero-order valence-corrected chi connectivity index (χ0v) is 16.3. The Balaban J connectivity index is 1.59. The largest absolute Gasteiger partial charge is 0.439 e. The standard InChI is InChI=1S/C20H18F3N3O4/c1-10-6-12(26-17(27)19(2,3)25-18(26)28)8-24-16(10)30-13-5-4-11-9-29-15(14(11)7-13)20(21,22)23/h4-8,15H,9H2,1-3H3,(H,25,28)/t15-/m0/s1. The summed E-state index contributed by atoms with van der Waals surface area (Å²) in [6.07, 6.45) is -5.21. The summed E-state index contributed by atoms with van der Waals surface area (Å²) in [6.45, 7) is 4.73. The van der Waals surface area contributed by atoms with Gasteiger partial charge in [0.25, 0.3) is 5.91 Å².